The first-order chi connectivity index (χ1) is 12.2. The van der Waals surface area contributed by atoms with E-state index in [0.717, 1.165) is 17.6 Å². The van der Waals surface area contributed by atoms with Crippen molar-refractivity contribution in [2.75, 3.05) is 7.11 Å². The maximum atomic E-state index is 13.5. The number of furan rings is 1. The van der Waals surface area contributed by atoms with Gasteiger partial charge in [0, 0.05) is 17.3 Å². The van der Waals surface area contributed by atoms with Gasteiger partial charge in [0.1, 0.15) is 5.65 Å². The van der Waals surface area contributed by atoms with Gasteiger partial charge in [0.25, 0.3) is 0 Å². The van der Waals surface area contributed by atoms with Crippen LogP contribution in [0.3, 0.4) is 0 Å². The molecule has 26 heavy (non-hydrogen) atoms. The third-order valence-corrected chi connectivity index (χ3v) is 3.72. The fraction of sp³-hybridized carbons (Fsp3) is 0.188. The van der Waals surface area contributed by atoms with Gasteiger partial charge in [0.2, 0.25) is 0 Å². The molecule has 3 rings (SSSR count). The van der Waals surface area contributed by atoms with Crippen molar-refractivity contribution >= 4 is 17.6 Å². The zero-order chi connectivity index (χ0) is 19.1. The van der Waals surface area contributed by atoms with Gasteiger partial charge in [-0.05, 0) is 12.1 Å². The summed E-state index contributed by atoms with van der Waals surface area (Å²) in [4.78, 5) is 26.6. The van der Waals surface area contributed by atoms with Crippen LogP contribution in [0.5, 0.6) is 0 Å². The number of ether oxygens (including phenoxy) is 1. The molecule has 0 fully saturated rings. The summed E-state index contributed by atoms with van der Waals surface area (Å²) in [6, 6.07) is 2.30. The summed E-state index contributed by atoms with van der Waals surface area (Å²) in [5.74, 6) is -2.36. The molecule has 0 bridgehead atoms. The fourth-order valence-electron chi connectivity index (χ4n) is 2.54. The van der Waals surface area contributed by atoms with Gasteiger partial charge in [0.05, 0.1) is 37.3 Å². The van der Waals surface area contributed by atoms with Crippen molar-refractivity contribution in [3.8, 4) is 11.1 Å². The third-order valence-electron chi connectivity index (χ3n) is 3.72. The van der Waals surface area contributed by atoms with Crippen LogP contribution in [0.25, 0.3) is 16.8 Å². The number of nitrogens with zero attached hydrogens (tertiary/aromatic N) is 2. The van der Waals surface area contributed by atoms with Gasteiger partial charge in [-0.3, -0.25) is 4.79 Å². The molecule has 3 aromatic rings. The van der Waals surface area contributed by atoms with Crippen molar-refractivity contribution in [1.82, 2.24) is 9.38 Å². The van der Waals surface area contributed by atoms with Crippen LogP contribution in [-0.4, -0.2) is 33.5 Å². The number of alkyl halides is 3. The highest BCUT2D eigenvalue weighted by atomic mass is 19.4. The first kappa shape index (κ1) is 17.5. The minimum absolute atomic E-state index is 0.124. The fourth-order valence-corrected chi connectivity index (χ4v) is 2.54. The lowest BCUT2D eigenvalue weighted by molar-refractivity contribution is -0.140. The van der Waals surface area contributed by atoms with Crippen molar-refractivity contribution in [3.05, 3.63) is 47.8 Å². The van der Waals surface area contributed by atoms with Crippen LogP contribution < -0.4 is 0 Å². The number of carboxylic acids is 1. The van der Waals surface area contributed by atoms with Gasteiger partial charge in [-0.2, -0.15) is 13.2 Å². The predicted octanol–water partition coefficient (Wildman–Crippen LogP) is 3.03. The molecule has 3 heterocycles. The molecule has 0 saturated heterocycles. The van der Waals surface area contributed by atoms with E-state index in [-0.39, 0.29) is 11.3 Å². The number of fused-ring (bicyclic) bond motifs is 1. The molecule has 0 saturated carbocycles. The molecule has 7 nitrogen and oxygen atoms in total. The van der Waals surface area contributed by atoms with Crippen molar-refractivity contribution in [1.29, 1.82) is 0 Å². The highest BCUT2D eigenvalue weighted by molar-refractivity contribution is 5.90. The van der Waals surface area contributed by atoms with Gasteiger partial charge in [-0.1, -0.05) is 0 Å². The number of carboxylic acid groups (broad SMARTS) is 1. The van der Waals surface area contributed by atoms with Crippen LogP contribution in [0, 0.1) is 0 Å². The number of aromatic carboxylic acids is 1. The first-order valence-corrected chi connectivity index (χ1v) is 7.17. The molecule has 0 atom stereocenters. The van der Waals surface area contributed by atoms with E-state index in [1.54, 1.807) is 0 Å². The maximum Gasteiger partial charge on any atom is 0.420 e. The first-order valence-electron chi connectivity index (χ1n) is 7.17. The molecule has 0 aliphatic heterocycles. The quantitative estimate of drug-likeness (QED) is 0.712. The number of rotatable bonds is 4. The van der Waals surface area contributed by atoms with Crippen molar-refractivity contribution in [2.24, 2.45) is 0 Å². The van der Waals surface area contributed by atoms with Crippen molar-refractivity contribution in [3.63, 3.8) is 0 Å². The summed E-state index contributed by atoms with van der Waals surface area (Å²) < 4.78 is 50.8. The summed E-state index contributed by atoms with van der Waals surface area (Å²) in [5.41, 5.74) is -2.12. The van der Waals surface area contributed by atoms with E-state index in [2.05, 4.69) is 9.72 Å². The molecular weight excluding hydrogens is 357 g/mol. The normalized spacial score (nSPS) is 11.7. The van der Waals surface area contributed by atoms with E-state index in [1.165, 1.54) is 24.8 Å². The molecule has 0 aliphatic carbocycles. The second-order valence-electron chi connectivity index (χ2n) is 5.31. The molecule has 0 amide bonds. The third kappa shape index (κ3) is 3.01. The number of aromatic nitrogens is 2. The van der Waals surface area contributed by atoms with Crippen molar-refractivity contribution < 1.29 is 37.0 Å². The largest absolute Gasteiger partial charge is 0.476 e. The monoisotopic (exact) mass is 368 g/mol. The SMILES string of the molecule is COC(=O)Cc1c(C(=O)O)nc2c(C(F)(F)F)cc(-c3ccoc3)cn12. The molecule has 0 unspecified atom stereocenters. The topological polar surface area (TPSA) is 94.0 Å². The molecule has 0 aliphatic rings. The van der Waals surface area contributed by atoms with E-state index < -0.39 is 41.4 Å². The minimum Gasteiger partial charge on any atom is -0.476 e. The van der Waals surface area contributed by atoms with Gasteiger partial charge in [0.15, 0.2) is 5.69 Å². The Balaban J connectivity index is 2.37. The number of imidazole rings is 1. The highest BCUT2D eigenvalue weighted by Crippen LogP contribution is 2.36. The lowest BCUT2D eigenvalue weighted by Gasteiger charge is -2.11. The predicted molar refractivity (Wildman–Crippen MR) is 80.6 cm³/mol. The van der Waals surface area contributed by atoms with E-state index in [1.807, 2.05) is 0 Å². The average Bonchev–Trinajstić information content (AvgIpc) is 3.21. The number of esters is 1. The number of carbonyl (C=O) groups is 2. The average molecular weight is 368 g/mol. The number of hydrogen-bond donors (Lipinski definition) is 1. The molecule has 136 valence electrons. The van der Waals surface area contributed by atoms with Crippen LogP contribution in [0.2, 0.25) is 0 Å². The number of carbonyl (C=O) groups excluding carboxylic acids is 1. The van der Waals surface area contributed by atoms with E-state index in [9.17, 15) is 27.9 Å². The van der Waals surface area contributed by atoms with Gasteiger partial charge >= 0.3 is 18.1 Å². The Morgan fingerprint density at radius 1 is 1.35 bits per heavy atom. The Morgan fingerprint density at radius 2 is 2.08 bits per heavy atom. The van der Waals surface area contributed by atoms with Gasteiger partial charge in [-0.15, -0.1) is 0 Å². The second kappa shape index (κ2) is 6.21. The summed E-state index contributed by atoms with van der Waals surface area (Å²) in [6.45, 7) is 0. The van der Waals surface area contributed by atoms with E-state index >= 15 is 0 Å². The van der Waals surface area contributed by atoms with Crippen molar-refractivity contribution in [2.45, 2.75) is 12.6 Å². The minimum atomic E-state index is -4.79. The zero-order valence-electron chi connectivity index (χ0n) is 13.2. The Labute approximate surface area is 143 Å². The molecule has 0 spiro atoms. The standard InChI is InChI=1S/C16H11F3N2O5/c1-25-12(22)5-11-13(15(23)24)20-14-10(16(17,18)19)4-9(6-21(11)14)8-2-3-26-7-8/h2-4,6-7H,5H2,1H3,(H,23,24). The summed E-state index contributed by atoms with van der Waals surface area (Å²) in [7, 11) is 1.09. The lowest BCUT2D eigenvalue weighted by Crippen LogP contribution is -2.12. The van der Waals surface area contributed by atoms with Crippen LogP contribution in [0.1, 0.15) is 21.7 Å². The van der Waals surface area contributed by atoms with E-state index in [4.69, 9.17) is 4.42 Å². The van der Waals surface area contributed by atoms with E-state index in [0.29, 0.717) is 5.56 Å². The van der Waals surface area contributed by atoms with Gasteiger partial charge < -0.3 is 18.7 Å². The molecule has 0 radical (unpaired) electrons. The molecule has 0 aromatic carbocycles. The summed E-state index contributed by atoms with van der Waals surface area (Å²) >= 11 is 0. The number of methoxy groups -OCH3 is 1. The second-order valence-corrected chi connectivity index (χ2v) is 5.31. The van der Waals surface area contributed by atoms with Crippen LogP contribution >= 0.6 is 0 Å². The number of halogens is 3. The summed E-state index contributed by atoms with van der Waals surface area (Å²) in [6.07, 6.45) is -1.53. The summed E-state index contributed by atoms with van der Waals surface area (Å²) in [5, 5.41) is 9.28. The number of pyridine rings is 1. The molecule has 1 N–H and O–H groups in total. The van der Waals surface area contributed by atoms with Crippen LogP contribution in [-0.2, 0) is 22.1 Å². The van der Waals surface area contributed by atoms with Gasteiger partial charge in [-0.25, -0.2) is 9.78 Å². The maximum absolute atomic E-state index is 13.5. The Bertz CT molecular complexity index is 990. The Kier molecular flexibility index (Phi) is 4.18. The molecule has 3 aromatic heterocycles. The van der Waals surface area contributed by atoms with Crippen LogP contribution in [0.4, 0.5) is 13.2 Å². The van der Waals surface area contributed by atoms with Crippen LogP contribution in [0.15, 0.2) is 35.3 Å². The number of hydrogen-bond acceptors (Lipinski definition) is 5. The zero-order valence-corrected chi connectivity index (χ0v) is 13.2. The Hall–Kier alpha value is -3.30. The molecular formula is C16H11F3N2O5. The lowest BCUT2D eigenvalue weighted by atomic mass is 10.1. The smallest absolute Gasteiger partial charge is 0.420 e. The molecule has 10 heteroatoms. The highest BCUT2D eigenvalue weighted by Gasteiger charge is 2.36. The Morgan fingerprint density at radius 3 is 2.62 bits per heavy atom.